The molecule has 0 amide bonds. The number of rotatable bonds is 7. The largest absolute Gasteiger partial charge is 0.219 e. The molecule has 0 bridgehead atoms. The van der Waals surface area contributed by atoms with Gasteiger partial charge in [-0.15, -0.1) is 0 Å². The molecule has 4 nitrogen and oxygen atoms in total. The summed E-state index contributed by atoms with van der Waals surface area (Å²) >= 11 is 0. The van der Waals surface area contributed by atoms with Crippen LogP contribution in [0.25, 0.3) is 0 Å². The molecule has 0 spiro atoms. The van der Waals surface area contributed by atoms with Gasteiger partial charge in [0, 0.05) is 0 Å². The average Bonchev–Trinajstić information content (AvgIpc) is 2.60. The smallest absolute Gasteiger partial charge is 0.203 e. The fourth-order valence-electron chi connectivity index (χ4n) is 2.29. The van der Waals surface area contributed by atoms with Gasteiger partial charge in [-0.05, 0) is 43.0 Å². The lowest BCUT2D eigenvalue weighted by molar-refractivity contribution is 0.575. The lowest BCUT2D eigenvalue weighted by Gasteiger charge is -2.11. The highest BCUT2D eigenvalue weighted by Gasteiger charge is 2.24. The van der Waals surface area contributed by atoms with E-state index in [9.17, 15) is 16.8 Å². The first kappa shape index (κ1) is 19.4. The van der Waals surface area contributed by atoms with E-state index in [2.05, 4.69) is 0 Å². The first-order valence-corrected chi connectivity index (χ1v) is 11.1. The molecule has 0 N–H and O–H groups in total. The van der Waals surface area contributed by atoms with Crippen molar-refractivity contribution in [3.05, 3.63) is 71.0 Å². The molecule has 0 aliphatic rings. The Kier molecular flexibility index (Phi) is 6.19. The normalized spacial score (nSPS) is 13.2. The minimum absolute atomic E-state index is 0.0729. The van der Waals surface area contributed by atoms with Crippen LogP contribution in [0.4, 0.5) is 0 Å². The molecule has 0 aromatic heterocycles. The summed E-state index contributed by atoms with van der Waals surface area (Å²) in [6.45, 7) is 3.94. The Morgan fingerprint density at radius 3 is 1.80 bits per heavy atom. The summed E-state index contributed by atoms with van der Waals surface area (Å²) in [7, 11) is -7.70. The van der Waals surface area contributed by atoms with Crippen LogP contribution in [0.2, 0.25) is 0 Å². The van der Waals surface area contributed by atoms with Crippen molar-refractivity contribution in [2.24, 2.45) is 5.92 Å². The summed E-state index contributed by atoms with van der Waals surface area (Å²) in [5, 5.41) is 0.910. The Morgan fingerprint density at radius 1 is 0.840 bits per heavy atom. The standard InChI is InChI=1S/C19H22O4S2/c1-16(2)13-14-19(25(22,23)18-11-7-4-8-12-18)15-24(20,21)17-9-5-3-6-10-17/h3-12,15-16H,13-14H2,1-2H3/b19-15+. The molecule has 6 heteroatoms. The van der Waals surface area contributed by atoms with Crippen molar-refractivity contribution in [2.45, 2.75) is 36.5 Å². The van der Waals surface area contributed by atoms with Gasteiger partial charge in [0.05, 0.1) is 20.1 Å². The van der Waals surface area contributed by atoms with E-state index < -0.39 is 19.7 Å². The molecular weight excluding hydrogens is 356 g/mol. The third-order valence-electron chi connectivity index (χ3n) is 3.73. The monoisotopic (exact) mass is 378 g/mol. The molecule has 0 fully saturated rings. The van der Waals surface area contributed by atoms with Crippen LogP contribution in [0.1, 0.15) is 26.7 Å². The molecule has 2 aromatic carbocycles. The Bertz CT molecular complexity index is 927. The molecule has 0 aliphatic carbocycles. The van der Waals surface area contributed by atoms with Crippen LogP contribution >= 0.6 is 0 Å². The summed E-state index contributed by atoms with van der Waals surface area (Å²) in [5.74, 6) is 0.258. The van der Waals surface area contributed by atoms with Crippen LogP contribution in [0, 0.1) is 5.92 Å². The lowest BCUT2D eigenvalue weighted by atomic mass is 10.1. The molecular formula is C19H22O4S2. The van der Waals surface area contributed by atoms with Crippen molar-refractivity contribution in [1.82, 2.24) is 0 Å². The summed E-state index contributed by atoms with van der Waals surface area (Å²) in [6, 6.07) is 15.8. The van der Waals surface area contributed by atoms with Gasteiger partial charge < -0.3 is 0 Å². The summed E-state index contributed by atoms with van der Waals surface area (Å²) in [5.41, 5.74) is 0. The predicted molar refractivity (Wildman–Crippen MR) is 99.4 cm³/mol. The molecule has 0 heterocycles. The molecule has 2 rings (SSSR count). The third-order valence-corrected chi connectivity index (χ3v) is 7.30. The molecule has 0 aliphatic heterocycles. The van der Waals surface area contributed by atoms with Crippen molar-refractivity contribution in [1.29, 1.82) is 0 Å². The van der Waals surface area contributed by atoms with Gasteiger partial charge in [0.1, 0.15) is 0 Å². The average molecular weight is 379 g/mol. The molecule has 25 heavy (non-hydrogen) atoms. The Hall–Kier alpha value is -1.92. The number of hydrogen-bond acceptors (Lipinski definition) is 4. The maximum Gasteiger partial charge on any atom is 0.203 e. The van der Waals surface area contributed by atoms with Crippen LogP contribution in [0.5, 0.6) is 0 Å². The highest BCUT2D eigenvalue weighted by atomic mass is 32.2. The topological polar surface area (TPSA) is 68.3 Å². The van der Waals surface area contributed by atoms with E-state index in [1.54, 1.807) is 36.4 Å². The molecule has 0 unspecified atom stereocenters. The van der Waals surface area contributed by atoms with E-state index in [0.717, 1.165) is 5.41 Å². The first-order valence-electron chi connectivity index (χ1n) is 8.04. The fourth-order valence-corrected chi connectivity index (χ4v) is 5.52. The van der Waals surface area contributed by atoms with Crippen LogP contribution < -0.4 is 0 Å². The molecule has 0 radical (unpaired) electrons. The maximum atomic E-state index is 12.9. The van der Waals surface area contributed by atoms with Gasteiger partial charge in [0.25, 0.3) is 0 Å². The summed E-state index contributed by atoms with van der Waals surface area (Å²) in [6.07, 6.45) is 0.767. The quantitative estimate of drug-likeness (QED) is 0.724. The van der Waals surface area contributed by atoms with Crippen molar-refractivity contribution < 1.29 is 16.8 Å². The highest BCUT2D eigenvalue weighted by molar-refractivity contribution is 7.98. The van der Waals surface area contributed by atoms with E-state index in [4.69, 9.17) is 0 Å². The minimum Gasteiger partial charge on any atom is -0.219 e. The van der Waals surface area contributed by atoms with Crippen LogP contribution in [-0.2, 0) is 19.7 Å². The molecule has 2 aromatic rings. The number of sulfone groups is 2. The van der Waals surface area contributed by atoms with Crippen molar-refractivity contribution in [3.63, 3.8) is 0 Å². The van der Waals surface area contributed by atoms with Gasteiger partial charge in [-0.2, -0.15) is 0 Å². The molecule has 0 atom stereocenters. The van der Waals surface area contributed by atoms with Crippen LogP contribution in [0.15, 0.2) is 80.8 Å². The van der Waals surface area contributed by atoms with Crippen molar-refractivity contribution in [3.8, 4) is 0 Å². The second kappa shape index (κ2) is 7.97. The number of benzene rings is 2. The molecule has 0 saturated heterocycles. The SMILES string of the molecule is CC(C)CC/C(=C\S(=O)(=O)c1ccccc1)S(=O)(=O)c1ccccc1. The maximum absolute atomic E-state index is 12.9. The Morgan fingerprint density at radius 2 is 1.32 bits per heavy atom. The van der Waals surface area contributed by atoms with Gasteiger partial charge in [-0.3, -0.25) is 0 Å². The highest BCUT2D eigenvalue weighted by Crippen LogP contribution is 2.27. The molecule has 0 saturated carbocycles. The van der Waals surface area contributed by atoms with E-state index in [1.165, 1.54) is 24.3 Å². The fraction of sp³-hybridized carbons (Fsp3) is 0.263. The first-order chi connectivity index (χ1) is 11.7. The van der Waals surface area contributed by atoms with Crippen molar-refractivity contribution in [2.75, 3.05) is 0 Å². The van der Waals surface area contributed by atoms with Gasteiger partial charge in [-0.1, -0.05) is 50.2 Å². The van der Waals surface area contributed by atoms with Gasteiger partial charge in [0.2, 0.25) is 19.7 Å². The van der Waals surface area contributed by atoms with E-state index in [-0.39, 0.29) is 27.0 Å². The zero-order chi connectivity index (χ0) is 18.5. The zero-order valence-electron chi connectivity index (χ0n) is 14.3. The lowest BCUT2D eigenvalue weighted by Crippen LogP contribution is -2.09. The van der Waals surface area contributed by atoms with Gasteiger partial charge >= 0.3 is 0 Å². The Labute approximate surface area is 150 Å². The Balaban J connectivity index is 2.53. The van der Waals surface area contributed by atoms with E-state index >= 15 is 0 Å². The predicted octanol–water partition coefficient (Wildman–Crippen LogP) is 4.21. The zero-order valence-corrected chi connectivity index (χ0v) is 15.9. The minimum atomic E-state index is -3.86. The van der Waals surface area contributed by atoms with Crippen LogP contribution in [-0.4, -0.2) is 16.8 Å². The number of hydrogen-bond donors (Lipinski definition) is 0. The van der Waals surface area contributed by atoms with E-state index in [1.807, 2.05) is 13.8 Å². The molecule has 134 valence electrons. The third kappa shape index (κ3) is 5.03. The van der Waals surface area contributed by atoms with Gasteiger partial charge in [0.15, 0.2) is 0 Å². The van der Waals surface area contributed by atoms with Crippen LogP contribution in [0.3, 0.4) is 0 Å². The van der Waals surface area contributed by atoms with Crippen molar-refractivity contribution >= 4 is 19.7 Å². The summed E-state index contributed by atoms with van der Waals surface area (Å²) < 4.78 is 51.1. The second-order valence-corrected chi connectivity index (χ2v) is 9.99. The van der Waals surface area contributed by atoms with Gasteiger partial charge in [-0.25, -0.2) is 16.8 Å². The van der Waals surface area contributed by atoms with E-state index in [0.29, 0.717) is 6.42 Å². The summed E-state index contributed by atoms with van der Waals surface area (Å²) in [4.78, 5) is 0.116. The number of allylic oxidation sites excluding steroid dienone is 1. The second-order valence-electron chi connectivity index (χ2n) is 6.19.